The van der Waals surface area contributed by atoms with Gasteiger partial charge in [0.15, 0.2) is 6.29 Å². The number of aldehydes is 1. The number of nitrogens with two attached hydrogens (primary N) is 1. The molecule has 108 valence electrons. The molecular formula is C16H17N3O2. The van der Waals surface area contributed by atoms with E-state index in [2.05, 4.69) is 4.98 Å². The number of hydrogen-bond donors (Lipinski definition) is 1. The molecule has 21 heavy (non-hydrogen) atoms. The first-order valence-electron chi connectivity index (χ1n) is 6.93. The minimum absolute atomic E-state index is 0.307. The van der Waals surface area contributed by atoms with Gasteiger partial charge in [-0.2, -0.15) is 0 Å². The van der Waals surface area contributed by atoms with Gasteiger partial charge in [-0.05, 0) is 25.5 Å². The third kappa shape index (κ3) is 2.24. The van der Waals surface area contributed by atoms with Gasteiger partial charge in [-0.3, -0.25) is 9.59 Å². The molecule has 1 aliphatic heterocycles. The molecule has 0 radical (unpaired) electrons. The minimum Gasteiger partial charge on any atom is -0.369 e. The van der Waals surface area contributed by atoms with Crippen LogP contribution in [0.3, 0.4) is 0 Å². The van der Waals surface area contributed by atoms with Gasteiger partial charge < -0.3 is 10.6 Å². The largest absolute Gasteiger partial charge is 0.369 e. The maximum absolute atomic E-state index is 11.6. The number of carbonyl (C=O) groups is 2. The number of benzene rings is 1. The van der Waals surface area contributed by atoms with Crippen LogP contribution in [0.15, 0.2) is 30.3 Å². The van der Waals surface area contributed by atoms with E-state index in [9.17, 15) is 9.59 Å². The molecule has 5 heteroatoms. The number of fused-ring (bicyclic) bond motifs is 1. The number of amides is 1. The molecule has 5 nitrogen and oxygen atoms in total. The first-order chi connectivity index (χ1) is 10.0. The van der Waals surface area contributed by atoms with Crippen LogP contribution in [0.4, 0.5) is 5.82 Å². The Morgan fingerprint density at radius 2 is 2.19 bits per heavy atom. The highest BCUT2D eigenvalue weighted by Gasteiger charge is 2.39. The monoisotopic (exact) mass is 283 g/mol. The van der Waals surface area contributed by atoms with Gasteiger partial charge in [-0.25, -0.2) is 4.98 Å². The molecule has 1 unspecified atom stereocenters. The lowest BCUT2D eigenvalue weighted by molar-refractivity contribution is -0.125. The normalized spacial score (nSPS) is 21.7. The van der Waals surface area contributed by atoms with E-state index in [4.69, 9.17) is 5.73 Å². The van der Waals surface area contributed by atoms with Crippen molar-refractivity contribution in [3.63, 3.8) is 0 Å². The van der Waals surface area contributed by atoms with Gasteiger partial charge in [0.05, 0.1) is 16.5 Å². The molecule has 1 aromatic heterocycles. The van der Waals surface area contributed by atoms with E-state index in [1.54, 1.807) is 0 Å². The predicted octanol–water partition coefficient (Wildman–Crippen LogP) is 1.75. The Morgan fingerprint density at radius 3 is 2.86 bits per heavy atom. The lowest BCUT2D eigenvalue weighted by atomic mass is 9.89. The SMILES string of the molecule is CC1(C(N)=O)CCN(c2nc3ccccc3cc2C=O)C1. The molecule has 1 amide bonds. The highest BCUT2D eigenvalue weighted by molar-refractivity contribution is 5.92. The fourth-order valence-electron chi connectivity index (χ4n) is 2.81. The zero-order chi connectivity index (χ0) is 15.0. The molecule has 1 aromatic carbocycles. The van der Waals surface area contributed by atoms with Gasteiger partial charge in [0.25, 0.3) is 0 Å². The quantitative estimate of drug-likeness (QED) is 0.871. The Labute approximate surface area is 122 Å². The van der Waals surface area contributed by atoms with E-state index >= 15 is 0 Å². The van der Waals surface area contributed by atoms with Crippen LogP contribution in [0.1, 0.15) is 23.7 Å². The molecule has 2 aromatic rings. The summed E-state index contributed by atoms with van der Waals surface area (Å²) in [6.07, 6.45) is 1.49. The zero-order valence-corrected chi connectivity index (χ0v) is 11.9. The van der Waals surface area contributed by atoms with Crippen LogP contribution in [-0.2, 0) is 4.79 Å². The first-order valence-corrected chi connectivity index (χ1v) is 6.93. The first kappa shape index (κ1) is 13.5. The standard InChI is InChI=1S/C16H17N3O2/c1-16(15(17)21)6-7-19(10-16)14-12(9-20)8-11-4-2-3-5-13(11)18-14/h2-5,8-9H,6-7,10H2,1H3,(H2,17,21). The lowest BCUT2D eigenvalue weighted by Crippen LogP contribution is -2.37. The van der Waals surface area contributed by atoms with E-state index in [0.717, 1.165) is 17.2 Å². The van der Waals surface area contributed by atoms with Crippen molar-refractivity contribution in [2.24, 2.45) is 11.1 Å². The van der Waals surface area contributed by atoms with Gasteiger partial charge in [0.2, 0.25) is 5.91 Å². The number of hydrogen-bond acceptors (Lipinski definition) is 4. The highest BCUT2D eigenvalue weighted by atomic mass is 16.1. The average Bonchev–Trinajstić information content (AvgIpc) is 2.89. The van der Waals surface area contributed by atoms with Crippen molar-refractivity contribution in [2.75, 3.05) is 18.0 Å². The third-order valence-corrected chi connectivity index (χ3v) is 4.23. The molecule has 0 bridgehead atoms. The molecule has 1 fully saturated rings. The molecule has 2 N–H and O–H groups in total. The van der Waals surface area contributed by atoms with Crippen LogP contribution in [0, 0.1) is 5.41 Å². The fourth-order valence-corrected chi connectivity index (χ4v) is 2.81. The fraction of sp³-hybridized carbons (Fsp3) is 0.312. The number of nitrogens with zero attached hydrogens (tertiary/aromatic N) is 2. The van der Waals surface area contributed by atoms with E-state index in [1.807, 2.05) is 42.2 Å². The van der Waals surface area contributed by atoms with Gasteiger partial charge in [0.1, 0.15) is 5.82 Å². The summed E-state index contributed by atoms with van der Waals surface area (Å²) in [5.74, 6) is 0.326. The van der Waals surface area contributed by atoms with E-state index in [0.29, 0.717) is 30.9 Å². The second-order valence-corrected chi connectivity index (χ2v) is 5.81. The highest BCUT2D eigenvalue weighted by Crippen LogP contribution is 2.34. The topological polar surface area (TPSA) is 76.3 Å². The van der Waals surface area contributed by atoms with Crippen molar-refractivity contribution in [1.29, 1.82) is 0 Å². The predicted molar refractivity (Wildman–Crippen MR) is 81.3 cm³/mol. The molecular weight excluding hydrogens is 266 g/mol. The van der Waals surface area contributed by atoms with E-state index in [-0.39, 0.29) is 5.91 Å². The summed E-state index contributed by atoms with van der Waals surface area (Å²) >= 11 is 0. The molecule has 0 aliphatic carbocycles. The van der Waals surface area contributed by atoms with Gasteiger partial charge in [-0.15, -0.1) is 0 Å². The van der Waals surface area contributed by atoms with Crippen LogP contribution in [0.2, 0.25) is 0 Å². The summed E-state index contributed by atoms with van der Waals surface area (Å²) < 4.78 is 0. The Hall–Kier alpha value is -2.43. The Bertz CT molecular complexity index is 729. The average molecular weight is 283 g/mol. The maximum atomic E-state index is 11.6. The number of primary amides is 1. The summed E-state index contributed by atoms with van der Waals surface area (Å²) in [7, 11) is 0. The van der Waals surface area contributed by atoms with Gasteiger partial charge in [0, 0.05) is 18.5 Å². The van der Waals surface area contributed by atoms with Gasteiger partial charge >= 0.3 is 0 Å². The summed E-state index contributed by atoms with van der Waals surface area (Å²) in [6.45, 7) is 3.02. The molecule has 1 atom stereocenters. The number of aromatic nitrogens is 1. The number of anilines is 1. The summed E-state index contributed by atoms with van der Waals surface area (Å²) in [6, 6.07) is 9.51. The number of pyridine rings is 1. The van der Waals surface area contributed by atoms with Crippen molar-refractivity contribution < 1.29 is 9.59 Å². The lowest BCUT2D eigenvalue weighted by Gasteiger charge is -2.23. The van der Waals surface area contributed by atoms with E-state index < -0.39 is 5.41 Å². The van der Waals surface area contributed by atoms with Crippen LogP contribution in [0.25, 0.3) is 10.9 Å². The molecule has 1 aliphatic rings. The van der Waals surface area contributed by atoms with Crippen LogP contribution < -0.4 is 10.6 Å². The molecule has 0 spiro atoms. The second-order valence-electron chi connectivity index (χ2n) is 5.81. The Morgan fingerprint density at radius 1 is 1.43 bits per heavy atom. The Balaban J connectivity index is 2.04. The van der Waals surface area contributed by atoms with Crippen molar-refractivity contribution in [2.45, 2.75) is 13.3 Å². The Kier molecular flexibility index (Phi) is 3.12. The van der Waals surface area contributed by atoms with Crippen molar-refractivity contribution in [3.8, 4) is 0 Å². The summed E-state index contributed by atoms with van der Waals surface area (Å²) in [5.41, 5.74) is 6.30. The second kappa shape index (κ2) is 4.84. The minimum atomic E-state index is -0.562. The van der Waals surface area contributed by atoms with Crippen molar-refractivity contribution in [1.82, 2.24) is 4.98 Å². The summed E-state index contributed by atoms with van der Waals surface area (Å²) in [4.78, 5) is 29.5. The smallest absolute Gasteiger partial charge is 0.225 e. The molecule has 3 rings (SSSR count). The molecule has 1 saturated heterocycles. The van der Waals surface area contributed by atoms with E-state index in [1.165, 1.54) is 0 Å². The third-order valence-electron chi connectivity index (χ3n) is 4.23. The number of carbonyl (C=O) groups excluding carboxylic acids is 2. The summed E-state index contributed by atoms with van der Waals surface area (Å²) in [5, 5.41) is 0.931. The molecule has 2 heterocycles. The molecule has 0 saturated carbocycles. The van der Waals surface area contributed by atoms with Crippen LogP contribution >= 0.6 is 0 Å². The maximum Gasteiger partial charge on any atom is 0.225 e. The zero-order valence-electron chi connectivity index (χ0n) is 11.9. The van der Waals surface area contributed by atoms with Gasteiger partial charge in [-0.1, -0.05) is 18.2 Å². The van der Waals surface area contributed by atoms with Crippen LogP contribution in [0.5, 0.6) is 0 Å². The van der Waals surface area contributed by atoms with Crippen molar-refractivity contribution >= 4 is 28.9 Å². The number of rotatable bonds is 3. The van der Waals surface area contributed by atoms with Crippen LogP contribution in [-0.4, -0.2) is 30.3 Å². The van der Waals surface area contributed by atoms with Crippen molar-refractivity contribution in [3.05, 3.63) is 35.9 Å². The number of para-hydroxylation sites is 1.